The van der Waals surface area contributed by atoms with Crippen molar-refractivity contribution in [2.24, 2.45) is 0 Å². The van der Waals surface area contributed by atoms with E-state index in [0.717, 1.165) is 29.5 Å². The van der Waals surface area contributed by atoms with E-state index in [1.807, 2.05) is 30.0 Å². The van der Waals surface area contributed by atoms with E-state index in [1.165, 1.54) is 4.88 Å². The van der Waals surface area contributed by atoms with Crippen molar-refractivity contribution in [3.63, 3.8) is 0 Å². The summed E-state index contributed by atoms with van der Waals surface area (Å²) < 4.78 is 0. The van der Waals surface area contributed by atoms with Gasteiger partial charge in [0.15, 0.2) is 0 Å². The van der Waals surface area contributed by atoms with Crippen LogP contribution < -0.4 is 5.32 Å². The summed E-state index contributed by atoms with van der Waals surface area (Å²) >= 11 is 3.41. The smallest absolute Gasteiger partial charge is 0.308 e. The molecule has 0 aliphatic carbocycles. The van der Waals surface area contributed by atoms with Crippen LogP contribution in [-0.4, -0.2) is 29.1 Å². The molecule has 1 rings (SSSR count). The zero-order valence-corrected chi connectivity index (χ0v) is 11.3. The van der Waals surface area contributed by atoms with Gasteiger partial charge in [0.1, 0.15) is 0 Å². The Bertz CT molecular complexity index is 363. The Morgan fingerprint density at radius 3 is 3.00 bits per heavy atom. The van der Waals surface area contributed by atoms with E-state index in [9.17, 15) is 4.79 Å². The van der Waals surface area contributed by atoms with Crippen molar-refractivity contribution in [1.29, 1.82) is 0 Å². The molecule has 94 valence electrons. The molecule has 0 atom stereocenters. The molecule has 0 saturated heterocycles. The van der Waals surface area contributed by atoms with E-state index in [1.54, 1.807) is 11.3 Å². The highest BCUT2D eigenvalue weighted by Crippen LogP contribution is 2.16. The van der Waals surface area contributed by atoms with Crippen molar-refractivity contribution in [2.75, 3.05) is 18.1 Å². The summed E-state index contributed by atoms with van der Waals surface area (Å²) in [6.07, 6.45) is 2.03. The van der Waals surface area contributed by atoms with E-state index in [4.69, 9.17) is 5.11 Å². The van der Waals surface area contributed by atoms with Gasteiger partial charge in [-0.2, -0.15) is 11.8 Å². The third-order valence-electron chi connectivity index (χ3n) is 2.00. The maximum Gasteiger partial charge on any atom is 0.308 e. The molecule has 0 aromatic carbocycles. The minimum atomic E-state index is -0.771. The second kappa shape index (κ2) is 8.33. The lowest BCUT2D eigenvalue weighted by molar-refractivity contribution is -0.136. The maximum absolute atomic E-state index is 10.5. The van der Waals surface area contributed by atoms with Crippen LogP contribution >= 0.6 is 23.1 Å². The molecule has 0 bridgehead atoms. The van der Waals surface area contributed by atoms with Crippen molar-refractivity contribution in [3.8, 4) is 0 Å². The molecule has 2 N–H and O–H groups in total. The lowest BCUT2D eigenvalue weighted by Gasteiger charge is -2.01. The van der Waals surface area contributed by atoms with Crippen LogP contribution in [0, 0.1) is 0 Å². The van der Waals surface area contributed by atoms with Crippen LogP contribution in [0.2, 0.25) is 0 Å². The molecule has 0 radical (unpaired) electrons. The molecule has 5 heteroatoms. The Hall–Kier alpha value is -0.780. The summed E-state index contributed by atoms with van der Waals surface area (Å²) in [5, 5.41) is 12.0. The van der Waals surface area contributed by atoms with Gasteiger partial charge in [-0.25, -0.2) is 0 Å². The zero-order valence-electron chi connectivity index (χ0n) is 9.65. The number of carboxylic acid groups (broad SMARTS) is 1. The second-order valence-electron chi connectivity index (χ2n) is 3.48. The zero-order chi connectivity index (χ0) is 12.5. The van der Waals surface area contributed by atoms with Gasteiger partial charge in [0.05, 0.1) is 6.42 Å². The molecule has 3 nitrogen and oxygen atoms in total. The number of aliphatic carboxylic acids is 1. The number of hydrogen-bond acceptors (Lipinski definition) is 4. The number of hydrogen-bond donors (Lipinski definition) is 2. The van der Waals surface area contributed by atoms with Gasteiger partial charge in [-0.15, -0.1) is 17.9 Å². The van der Waals surface area contributed by atoms with Crippen molar-refractivity contribution < 1.29 is 9.90 Å². The van der Waals surface area contributed by atoms with Gasteiger partial charge < -0.3 is 10.4 Å². The van der Waals surface area contributed by atoms with E-state index in [0.29, 0.717) is 0 Å². The number of nitrogens with one attached hydrogen (secondary N) is 1. The first-order chi connectivity index (χ1) is 8.22. The molecule has 0 spiro atoms. The number of carbonyl (C=O) groups is 1. The molecular formula is C12H17NO2S2. The van der Waals surface area contributed by atoms with Gasteiger partial charge in [-0.3, -0.25) is 4.79 Å². The lowest BCUT2D eigenvalue weighted by atomic mass is 10.3. The lowest BCUT2D eigenvalue weighted by Crippen LogP contribution is -2.15. The molecule has 1 aromatic rings. The van der Waals surface area contributed by atoms with Gasteiger partial charge >= 0.3 is 5.97 Å². The summed E-state index contributed by atoms with van der Waals surface area (Å²) in [5.41, 5.74) is 0. The Morgan fingerprint density at radius 1 is 1.53 bits per heavy atom. The quantitative estimate of drug-likeness (QED) is 0.535. The standard InChI is InChI=1S/C12H17NO2S2/c1-2-6-16-7-5-13-9-11-4-3-10(17-11)8-12(14)15/h2-4,13H,1,5-9H2,(H,14,15). The Balaban J connectivity index is 2.16. The summed E-state index contributed by atoms with van der Waals surface area (Å²) in [6, 6.07) is 3.88. The van der Waals surface area contributed by atoms with Crippen LogP contribution in [0.25, 0.3) is 0 Å². The topological polar surface area (TPSA) is 49.3 Å². The van der Waals surface area contributed by atoms with Crippen LogP contribution in [0.5, 0.6) is 0 Å². The minimum Gasteiger partial charge on any atom is -0.481 e. The third-order valence-corrected chi connectivity index (χ3v) is 4.05. The highest BCUT2D eigenvalue weighted by molar-refractivity contribution is 7.99. The summed E-state index contributed by atoms with van der Waals surface area (Å²) in [7, 11) is 0. The summed E-state index contributed by atoms with van der Waals surface area (Å²) in [6.45, 7) is 5.45. The molecule has 0 aliphatic heterocycles. The van der Waals surface area contributed by atoms with Gasteiger partial charge in [-0.1, -0.05) is 6.08 Å². The molecule has 1 heterocycles. The first-order valence-corrected chi connectivity index (χ1v) is 7.38. The molecule has 0 amide bonds. The van der Waals surface area contributed by atoms with Crippen molar-refractivity contribution in [2.45, 2.75) is 13.0 Å². The third kappa shape index (κ3) is 6.51. The fraction of sp³-hybridized carbons (Fsp3) is 0.417. The SMILES string of the molecule is C=CCSCCNCc1ccc(CC(=O)O)s1. The van der Waals surface area contributed by atoms with Crippen molar-refractivity contribution >= 4 is 29.1 Å². The number of carboxylic acids is 1. The van der Waals surface area contributed by atoms with E-state index in [2.05, 4.69) is 11.9 Å². The van der Waals surface area contributed by atoms with Gasteiger partial charge in [0.2, 0.25) is 0 Å². The Labute approximate surface area is 110 Å². The molecule has 0 aliphatic rings. The van der Waals surface area contributed by atoms with Crippen molar-refractivity contribution in [3.05, 3.63) is 34.5 Å². The van der Waals surface area contributed by atoms with E-state index in [-0.39, 0.29) is 6.42 Å². The number of thioether (sulfide) groups is 1. The normalized spacial score (nSPS) is 10.4. The van der Waals surface area contributed by atoms with Crippen LogP contribution in [0.1, 0.15) is 9.75 Å². The summed E-state index contributed by atoms with van der Waals surface area (Å²) in [4.78, 5) is 12.6. The molecular weight excluding hydrogens is 254 g/mol. The first-order valence-electron chi connectivity index (χ1n) is 5.41. The first kappa shape index (κ1) is 14.3. The van der Waals surface area contributed by atoms with Gasteiger partial charge in [0, 0.05) is 34.3 Å². The van der Waals surface area contributed by atoms with Crippen LogP contribution in [0.3, 0.4) is 0 Å². The maximum atomic E-state index is 10.5. The van der Waals surface area contributed by atoms with Crippen LogP contribution in [0.15, 0.2) is 24.8 Å². The van der Waals surface area contributed by atoms with Crippen LogP contribution in [0.4, 0.5) is 0 Å². The minimum absolute atomic E-state index is 0.125. The largest absolute Gasteiger partial charge is 0.481 e. The Morgan fingerprint density at radius 2 is 2.29 bits per heavy atom. The van der Waals surface area contributed by atoms with E-state index < -0.39 is 5.97 Å². The second-order valence-corrected chi connectivity index (χ2v) is 5.88. The monoisotopic (exact) mass is 271 g/mol. The molecule has 17 heavy (non-hydrogen) atoms. The average Bonchev–Trinajstić information content (AvgIpc) is 2.70. The van der Waals surface area contributed by atoms with Crippen LogP contribution in [-0.2, 0) is 17.8 Å². The summed E-state index contributed by atoms with van der Waals surface area (Å²) in [5.74, 6) is 1.29. The highest BCUT2D eigenvalue weighted by atomic mass is 32.2. The molecule has 0 saturated carbocycles. The highest BCUT2D eigenvalue weighted by Gasteiger charge is 2.04. The van der Waals surface area contributed by atoms with Crippen molar-refractivity contribution in [1.82, 2.24) is 5.32 Å². The number of thiophene rings is 1. The number of rotatable bonds is 9. The van der Waals surface area contributed by atoms with Gasteiger partial charge in [0.25, 0.3) is 0 Å². The Kier molecular flexibility index (Phi) is 7.00. The fourth-order valence-electron chi connectivity index (χ4n) is 1.28. The predicted octanol–water partition coefficient (Wildman–Crippen LogP) is 2.38. The van der Waals surface area contributed by atoms with E-state index >= 15 is 0 Å². The van der Waals surface area contributed by atoms with Gasteiger partial charge in [-0.05, 0) is 12.1 Å². The average molecular weight is 271 g/mol. The predicted molar refractivity (Wildman–Crippen MR) is 74.9 cm³/mol. The molecule has 1 aromatic heterocycles. The molecule has 0 unspecified atom stereocenters. The fourth-order valence-corrected chi connectivity index (χ4v) is 2.88. The molecule has 0 fully saturated rings.